The predicted octanol–water partition coefficient (Wildman–Crippen LogP) is 0.869. The van der Waals surface area contributed by atoms with Gasteiger partial charge in [-0.15, -0.1) is 0 Å². The molecular weight excluding hydrogens is 204 g/mol. The van der Waals surface area contributed by atoms with Gasteiger partial charge in [0, 0.05) is 32.3 Å². The van der Waals surface area contributed by atoms with E-state index in [4.69, 9.17) is 5.11 Å². The maximum absolute atomic E-state index is 8.77. The lowest BCUT2D eigenvalue weighted by Crippen LogP contribution is -2.21. The van der Waals surface area contributed by atoms with Crippen LogP contribution in [-0.2, 0) is 0 Å². The predicted molar refractivity (Wildman–Crippen MR) is 63.6 cm³/mol. The molecule has 2 rings (SSSR count). The van der Waals surface area contributed by atoms with Crippen molar-refractivity contribution < 1.29 is 5.11 Å². The van der Waals surface area contributed by atoms with Crippen LogP contribution in [0, 0.1) is 0 Å². The number of hydrogen-bond donors (Lipinski definition) is 2. The van der Waals surface area contributed by atoms with Crippen molar-refractivity contribution in [2.75, 3.05) is 30.4 Å². The summed E-state index contributed by atoms with van der Waals surface area (Å²) < 4.78 is 0. The molecule has 1 aliphatic rings. The monoisotopic (exact) mass is 222 g/mol. The van der Waals surface area contributed by atoms with E-state index in [9.17, 15) is 0 Å². The number of aromatic nitrogens is 2. The van der Waals surface area contributed by atoms with E-state index in [1.165, 1.54) is 12.8 Å². The third-order valence-electron chi connectivity index (χ3n) is 2.62. The second kappa shape index (κ2) is 5.12. The quantitative estimate of drug-likeness (QED) is 0.748. The molecule has 1 aliphatic carbocycles. The SMILES string of the molecule is CN(CCCO)c1cc(NC2CC2)ncn1. The molecular formula is C11H18N4O. The van der Waals surface area contributed by atoms with Crippen LogP contribution in [0.25, 0.3) is 0 Å². The standard InChI is InChI=1S/C11H18N4O/c1-15(5-2-6-16)11-7-10(12-8-13-11)14-9-3-4-9/h7-9,16H,2-6H2,1H3,(H,12,13,14). The second-order valence-corrected chi connectivity index (χ2v) is 4.18. The van der Waals surface area contributed by atoms with Gasteiger partial charge < -0.3 is 15.3 Å². The van der Waals surface area contributed by atoms with E-state index >= 15 is 0 Å². The molecule has 5 nitrogen and oxygen atoms in total. The van der Waals surface area contributed by atoms with Crippen LogP contribution in [0.4, 0.5) is 11.6 Å². The molecule has 1 aromatic heterocycles. The Hall–Kier alpha value is -1.36. The van der Waals surface area contributed by atoms with Crippen molar-refractivity contribution in [1.82, 2.24) is 9.97 Å². The summed E-state index contributed by atoms with van der Waals surface area (Å²) in [5.74, 6) is 1.79. The average Bonchev–Trinajstić information content (AvgIpc) is 3.10. The Morgan fingerprint density at radius 2 is 2.31 bits per heavy atom. The number of aliphatic hydroxyl groups is 1. The molecule has 2 N–H and O–H groups in total. The number of rotatable bonds is 6. The third-order valence-corrected chi connectivity index (χ3v) is 2.62. The van der Waals surface area contributed by atoms with Crippen LogP contribution >= 0.6 is 0 Å². The first-order valence-corrected chi connectivity index (χ1v) is 5.70. The molecule has 0 amide bonds. The summed E-state index contributed by atoms with van der Waals surface area (Å²) >= 11 is 0. The first kappa shape index (κ1) is 11.1. The van der Waals surface area contributed by atoms with Crippen LogP contribution in [-0.4, -0.2) is 41.3 Å². The lowest BCUT2D eigenvalue weighted by atomic mass is 10.4. The van der Waals surface area contributed by atoms with E-state index < -0.39 is 0 Å². The minimum Gasteiger partial charge on any atom is -0.396 e. The Balaban J connectivity index is 1.96. The highest BCUT2D eigenvalue weighted by Gasteiger charge is 2.21. The molecule has 0 bridgehead atoms. The molecule has 5 heteroatoms. The van der Waals surface area contributed by atoms with Crippen LogP contribution in [0.2, 0.25) is 0 Å². The Labute approximate surface area is 95.5 Å². The highest BCUT2D eigenvalue weighted by atomic mass is 16.3. The summed E-state index contributed by atoms with van der Waals surface area (Å²) in [5, 5.41) is 12.1. The van der Waals surface area contributed by atoms with Crippen molar-refractivity contribution in [3.05, 3.63) is 12.4 Å². The van der Waals surface area contributed by atoms with Gasteiger partial charge in [-0.3, -0.25) is 0 Å². The summed E-state index contributed by atoms with van der Waals surface area (Å²) in [6.07, 6.45) is 4.81. The number of nitrogens with one attached hydrogen (secondary N) is 1. The Morgan fingerprint density at radius 3 is 3.00 bits per heavy atom. The van der Waals surface area contributed by atoms with Crippen LogP contribution in [0.3, 0.4) is 0 Å². The van der Waals surface area contributed by atoms with E-state index in [2.05, 4.69) is 15.3 Å². The van der Waals surface area contributed by atoms with E-state index in [-0.39, 0.29) is 6.61 Å². The van der Waals surface area contributed by atoms with Crippen molar-refractivity contribution in [2.45, 2.75) is 25.3 Å². The summed E-state index contributed by atoms with van der Waals surface area (Å²) in [6, 6.07) is 2.56. The second-order valence-electron chi connectivity index (χ2n) is 4.18. The lowest BCUT2D eigenvalue weighted by Gasteiger charge is -2.17. The minimum atomic E-state index is 0.211. The van der Waals surface area contributed by atoms with Crippen molar-refractivity contribution in [3.63, 3.8) is 0 Å². The largest absolute Gasteiger partial charge is 0.396 e. The Morgan fingerprint density at radius 1 is 1.50 bits per heavy atom. The smallest absolute Gasteiger partial charge is 0.133 e. The molecule has 0 aliphatic heterocycles. The third kappa shape index (κ3) is 3.06. The lowest BCUT2D eigenvalue weighted by molar-refractivity contribution is 0.290. The first-order chi connectivity index (χ1) is 7.79. The number of aliphatic hydroxyl groups excluding tert-OH is 1. The van der Waals surface area contributed by atoms with Crippen molar-refractivity contribution in [1.29, 1.82) is 0 Å². The fraction of sp³-hybridized carbons (Fsp3) is 0.636. The zero-order chi connectivity index (χ0) is 11.4. The minimum absolute atomic E-state index is 0.211. The molecule has 0 unspecified atom stereocenters. The van der Waals surface area contributed by atoms with Gasteiger partial charge in [0.2, 0.25) is 0 Å². The van der Waals surface area contributed by atoms with Gasteiger partial charge in [0.15, 0.2) is 0 Å². The van der Waals surface area contributed by atoms with E-state index in [0.717, 1.165) is 24.6 Å². The van der Waals surface area contributed by atoms with Gasteiger partial charge in [-0.25, -0.2) is 9.97 Å². The zero-order valence-electron chi connectivity index (χ0n) is 9.56. The summed E-state index contributed by atoms with van der Waals surface area (Å²) in [6.45, 7) is 1.01. The molecule has 1 heterocycles. The molecule has 16 heavy (non-hydrogen) atoms. The fourth-order valence-electron chi connectivity index (χ4n) is 1.49. The maximum Gasteiger partial charge on any atom is 0.133 e. The molecule has 0 aromatic carbocycles. The Bertz CT molecular complexity index is 341. The molecule has 0 saturated heterocycles. The summed E-state index contributed by atoms with van der Waals surface area (Å²) in [7, 11) is 1.97. The van der Waals surface area contributed by atoms with Gasteiger partial charge in [-0.2, -0.15) is 0 Å². The zero-order valence-corrected chi connectivity index (χ0v) is 9.56. The number of hydrogen-bond acceptors (Lipinski definition) is 5. The van der Waals surface area contributed by atoms with E-state index in [1.807, 2.05) is 18.0 Å². The first-order valence-electron chi connectivity index (χ1n) is 5.70. The Kier molecular flexibility index (Phi) is 3.56. The van der Waals surface area contributed by atoms with Crippen LogP contribution in [0.1, 0.15) is 19.3 Å². The maximum atomic E-state index is 8.77. The molecule has 0 radical (unpaired) electrons. The summed E-state index contributed by atoms with van der Waals surface area (Å²) in [4.78, 5) is 10.4. The van der Waals surface area contributed by atoms with Gasteiger partial charge in [0.25, 0.3) is 0 Å². The van der Waals surface area contributed by atoms with Gasteiger partial charge in [-0.1, -0.05) is 0 Å². The normalized spacial score (nSPS) is 14.9. The average molecular weight is 222 g/mol. The summed E-state index contributed by atoms with van der Waals surface area (Å²) in [5.41, 5.74) is 0. The van der Waals surface area contributed by atoms with Crippen LogP contribution in [0.15, 0.2) is 12.4 Å². The van der Waals surface area contributed by atoms with Crippen molar-refractivity contribution >= 4 is 11.6 Å². The number of nitrogens with zero attached hydrogens (tertiary/aromatic N) is 3. The van der Waals surface area contributed by atoms with Crippen molar-refractivity contribution in [2.24, 2.45) is 0 Å². The van der Waals surface area contributed by atoms with E-state index in [1.54, 1.807) is 6.33 Å². The van der Waals surface area contributed by atoms with Crippen LogP contribution in [0.5, 0.6) is 0 Å². The van der Waals surface area contributed by atoms with Gasteiger partial charge in [0.05, 0.1) is 0 Å². The van der Waals surface area contributed by atoms with Gasteiger partial charge >= 0.3 is 0 Å². The molecule has 0 atom stereocenters. The fourth-order valence-corrected chi connectivity index (χ4v) is 1.49. The van der Waals surface area contributed by atoms with Crippen LogP contribution < -0.4 is 10.2 Å². The molecule has 88 valence electrons. The van der Waals surface area contributed by atoms with Gasteiger partial charge in [0.1, 0.15) is 18.0 Å². The van der Waals surface area contributed by atoms with E-state index in [0.29, 0.717) is 6.04 Å². The van der Waals surface area contributed by atoms with Gasteiger partial charge in [-0.05, 0) is 19.3 Å². The highest BCUT2D eigenvalue weighted by molar-refractivity contribution is 5.48. The molecule has 1 aromatic rings. The number of anilines is 2. The molecule has 1 fully saturated rings. The highest BCUT2D eigenvalue weighted by Crippen LogP contribution is 2.24. The molecule has 1 saturated carbocycles. The topological polar surface area (TPSA) is 61.3 Å². The molecule has 0 spiro atoms. The van der Waals surface area contributed by atoms with Crippen molar-refractivity contribution in [3.8, 4) is 0 Å².